The lowest BCUT2D eigenvalue weighted by Gasteiger charge is -2.19. The Labute approximate surface area is 145 Å². The molecule has 1 aliphatic rings. The van der Waals surface area contributed by atoms with Crippen LogP contribution in [0.25, 0.3) is 0 Å². The number of nitrogens with zero attached hydrogens (tertiary/aromatic N) is 1. The second-order valence-corrected chi connectivity index (χ2v) is 5.94. The summed E-state index contributed by atoms with van der Waals surface area (Å²) in [7, 11) is 0. The van der Waals surface area contributed by atoms with E-state index >= 15 is 0 Å². The molecule has 1 N–H and O–H groups in total. The summed E-state index contributed by atoms with van der Waals surface area (Å²) in [6.45, 7) is 2.17. The zero-order chi connectivity index (χ0) is 18.0. The average molecular weight is 381 g/mol. The van der Waals surface area contributed by atoms with E-state index in [4.69, 9.17) is 37.4 Å². The van der Waals surface area contributed by atoms with Crippen molar-refractivity contribution < 1.29 is 23.8 Å². The van der Waals surface area contributed by atoms with Crippen LogP contribution in [-0.2, 0) is 23.8 Å². The maximum atomic E-state index is 11.9. The molecule has 2 heterocycles. The van der Waals surface area contributed by atoms with Gasteiger partial charge in [0.15, 0.2) is 12.3 Å². The molecule has 2 rings (SSSR count). The number of halogens is 2. The number of carbonyl (C=O) groups excluding carboxylic acids is 2. The molecule has 0 amide bonds. The van der Waals surface area contributed by atoms with Crippen LogP contribution in [0.5, 0.6) is 0 Å². The van der Waals surface area contributed by atoms with Gasteiger partial charge >= 0.3 is 17.6 Å². The van der Waals surface area contributed by atoms with Gasteiger partial charge in [0.25, 0.3) is 5.56 Å². The molecule has 1 saturated heterocycles. The standard InChI is InChI=1S/C13H14Cl2N2O7/c1-5(18)22-4-8-10(23-6(2)19)9(15)12(24-8)17-3-7(14)11(20)16-13(17)21/h3,8-10,12H,4H2,1-2H3,(H,16,20,21)/t8-,9-,10-,12-/m1/s1. The van der Waals surface area contributed by atoms with Crippen molar-refractivity contribution in [2.75, 3.05) is 6.61 Å². The van der Waals surface area contributed by atoms with Gasteiger partial charge in [0.2, 0.25) is 0 Å². The molecule has 4 atom stereocenters. The summed E-state index contributed by atoms with van der Waals surface area (Å²) in [5, 5.41) is -1.22. The number of esters is 2. The molecule has 1 aromatic heterocycles. The second-order valence-electron chi connectivity index (χ2n) is 5.03. The first kappa shape index (κ1) is 18.5. The number of rotatable bonds is 4. The van der Waals surface area contributed by atoms with E-state index in [0.717, 1.165) is 10.8 Å². The molecule has 1 aliphatic heterocycles. The summed E-state index contributed by atoms with van der Waals surface area (Å²) < 4.78 is 16.5. The van der Waals surface area contributed by atoms with Crippen LogP contribution >= 0.6 is 23.2 Å². The molecule has 132 valence electrons. The van der Waals surface area contributed by atoms with Crippen LogP contribution in [0, 0.1) is 0 Å². The van der Waals surface area contributed by atoms with E-state index in [0.29, 0.717) is 0 Å². The first-order valence-electron chi connectivity index (χ1n) is 6.81. The Hall–Kier alpha value is -1.84. The molecule has 0 saturated carbocycles. The van der Waals surface area contributed by atoms with Gasteiger partial charge in [-0.25, -0.2) is 4.79 Å². The zero-order valence-electron chi connectivity index (χ0n) is 12.7. The minimum absolute atomic E-state index is 0.223. The predicted octanol–water partition coefficient (Wildman–Crippen LogP) is 0.190. The molecule has 0 aromatic carbocycles. The van der Waals surface area contributed by atoms with Crippen molar-refractivity contribution >= 4 is 35.1 Å². The monoisotopic (exact) mass is 380 g/mol. The lowest BCUT2D eigenvalue weighted by atomic mass is 10.1. The molecule has 0 spiro atoms. The van der Waals surface area contributed by atoms with Gasteiger partial charge in [0.05, 0.1) is 0 Å². The van der Waals surface area contributed by atoms with Crippen molar-refractivity contribution in [3.8, 4) is 0 Å². The van der Waals surface area contributed by atoms with Crippen molar-refractivity contribution in [1.29, 1.82) is 0 Å². The van der Waals surface area contributed by atoms with Crippen LogP contribution in [0.3, 0.4) is 0 Å². The van der Waals surface area contributed by atoms with E-state index in [2.05, 4.69) is 0 Å². The number of aromatic amines is 1. The van der Waals surface area contributed by atoms with Gasteiger partial charge in [-0.3, -0.25) is 23.9 Å². The fraction of sp³-hybridized carbons (Fsp3) is 0.538. The first-order valence-corrected chi connectivity index (χ1v) is 7.63. The highest BCUT2D eigenvalue weighted by Gasteiger charge is 2.47. The van der Waals surface area contributed by atoms with E-state index in [9.17, 15) is 19.2 Å². The molecular weight excluding hydrogens is 367 g/mol. The fourth-order valence-corrected chi connectivity index (χ4v) is 2.78. The maximum absolute atomic E-state index is 11.9. The van der Waals surface area contributed by atoms with Gasteiger partial charge in [-0.05, 0) is 0 Å². The normalized spacial score (nSPS) is 26.2. The first-order chi connectivity index (χ1) is 11.2. The Morgan fingerprint density at radius 2 is 2.00 bits per heavy atom. The minimum Gasteiger partial charge on any atom is -0.463 e. The van der Waals surface area contributed by atoms with E-state index in [1.165, 1.54) is 13.8 Å². The summed E-state index contributed by atoms with van der Waals surface area (Å²) >= 11 is 12.0. The van der Waals surface area contributed by atoms with Gasteiger partial charge in [-0.15, -0.1) is 11.6 Å². The van der Waals surface area contributed by atoms with E-state index in [1.807, 2.05) is 4.98 Å². The molecule has 1 fully saturated rings. The number of H-pyrrole nitrogens is 1. The largest absolute Gasteiger partial charge is 0.463 e. The molecule has 0 aliphatic carbocycles. The van der Waals surface area contributed by atoms with Crippen LogP contribution in [0.15, 0.2) is 15.8 Å². The van der Waals surface area contributed by atoms with Crippen LogP contribution in [-0.4, -0.2) is 45.7 Å². The highest BCUT2D eigenvalue weighted by molar-refractivity contribution is 6.30. The Bertz CT molecular complexity index is 759. The van der Waals surface area contributed by atoms with Crippen molar-refractivity contribution in [2.45, 2.75) is 37.7 Å². The Morgan fingerprint density at radius 1 is 1.33 bits per heavy atom. The molecule has 24 heavy (non-hydrogen) atoms. The third-order valence-electron chi connectivity index (χ3n) is 3.22. The molecule has 0 radical (unpaired) electrons. The lowest BCUT2D eigenvalue weighted by Crippen LogP contribution is -2.37. The van der Waals surface area contributed by atoms with Gasteiger partial charge in [-0.2, -0.15) is 0 Å². The van der Waals surface area contributed by atoms with Gasteiger partial charge in [-0.1, -0.05) is 11.6 Å². The Kier molecular flexibility index (Phi) is 5.68. The van der Waals surface area contributed by atoms with E-state index in [1.54, 1.807) is 0 Å². The van der Waals surface area contributed by atoms with Gasteiger partial charge < -0.3 is 14.2 Å². The molecule has 9 nitrogen and oxygen atoms in total. The summed E-state index contributed by atoms with van der Waals surface area (Å²) in [6, 6.07) is 0. The van der Waals surface area contributed by atoms with Gasteiger partial charge in [0.1, 0.15) is 23.1 Å². The highest BCUT2D eigenvalue weighted by Crippen LogP contribution is 2.35. The number of hydrogen-bond donors (Lipinski definition) is 1. The molecule has 0 bridgehead atoms. The predicted molar refractivity (Wildman–Crippen MR) is 82.1 cm³/mol. The van der Waals surface area contributed by atoms with Crippen LogP contribution in [0.4, 0.5) is 0 Å². The summed E-state index contributed by atoms with van der Waals surface area (Å²) in [5.74, 6) is -1.17. The number of alkyl halides is 1. The van der Waals surface area contributed by atoms with E-state index in [-0.39, 0.29) is 11.6 Å². The lowest BCUT2D eigenvalue weighted by molar-refractivity contribution is -0.155. The Morgan fingerprint density at radius 3 is 2.58 bits per heavy atom. The molecule has 1 aromatic rings. The van der Waals surface area contributed by atoms with Crippen LogP contribution in [0.1, 0.15) is 20.1 Å². The maximum Gasteiger partial charge on any atom is 0.330 e. The molecule has 11 heteroatoms. The number of carbonyl (C=O) groups is 2. The van der Waals surface area contributed by atoms with Crippen LogP contribution in [0.2, 0.25) is 5.02 Å². The summed E-state index contributed by atoms with van der Waals surface area (Å²) in [5.41, 5.74) is -1.55. The van der Waals surface area contributed by atoms with Crippen molar-refractivity contribution in [2.24, 2.45) is 0 Å². The smallest absolute Gasteiger partial charge is 0.330 e. The second kappa shape index (κ2) is 7.37. The SMILES string of the molecule is CC(=O)OC[C@H]1O[C@@H](n2cc(Cl)c(=O)[nH]c2=O)[C@H](Cl)[C@@H]1OC(C)=O. The number of aromatic nitrogens is 2. The third kappa shape index (κ3) is 3.97. The molecule has 0 unspecified atom stereocenters. The van der Waals surface area contributed by atoms with Crippen molar-refractivity contribution in [3.63, 3.8) is 0 Å². The van der Waals surface area contributed by atoms with Crippen LogP contribution < -0.4 is 11.2 Å². The number of ether oxygens (including phenoxy) is 3. The highest BCUT2D eigenvalue weighted by atomic mass is 35.5. The third-order valence-corrected chi connectivity index (χ3v) is 3.95. The minimum atomic E-state index is -1.08. The topological polar surface area (TPSA) is 117 Å². The van der Waals surface area contributed by atoms with Crippen molar-refractivity contribution in [3.05, 3.63) is 32.1 Å². The quantitative estimate of drug-likeness (QED) is 0.585. The van der Waals surface area contributed by atoms with E-state index < -0.39 is 47.0 Å². The fourth-order valence-electron chi connectivity index (χ4n) is 2.23. The van der Waals surface area contributed by atoms with Crippen molar-refractivity contribution in [1.82, 2.24) is 9.55 Å². The number of nitrogens with one attached hydrogen (secondary N) is 1. The molecular formula is C13H14Cl2N2O7. The zero-order valence-corrected chi connectivity index (χ0v) is 14.2. The summed E-state index contributed by atoms with van der Waals surface area (Å²) in [6.07, 6.45) is -1.87. The number of hydrogen-bond acceptors (Lipinski definition) is 7. The average Bonchev–Trinajstić information content (AvgIpc) is 2.77. The van der Waals surface area contributed by atoms with Gasteiger partial charge in [0, 0.05) is 20.0 Å². The Balaban J connectivity index is 2.33. The summed E-state index contributed by atoms with van der Waals surface area (Å²) in [4.78, 5) is 47.5.